The second-order valence-corrected chi connectivity index (χ2v) is 9.36. The van der Waals surface area contributed by atoms with Gasteiger partial charge >= 0.3 is 0 Å². The van der Waals surface area contributed by atoms with E-state index in [-0.39, 0.29) is 10.7 Å². The Balaban J connectivity index is 1.84. The topological polar surface area (TPSA) is 52.0 Å². The van der Waals surface area contributed by atoms with Crippen molar-refractivity contribution in [3.63, 3.8) is 0 Å². The van der Waals surface area contributed by atoms with Crippen molar-refractivity contribution in [3.8, 4) is 16.9 Å². The first-order valence-electron chi connectivity index (χ1n) is 9.21. The van der Waals surface area contributed by atoms with Gasteiger partial charge in [-0.2, -0.15) is 0 Å². The van der Waals surface area contributed by atoms with Gasteiger partial charge in [0.2, 0.25) is 0 Å². The third kappa shape index (κ3) is 4.30. The van der Waals surface area contributed by atoms with Crippen LogP contribution >= 0.6 is 11.6 Å². The summed E-state index contributed by atoms with van der Waals surface area (Å²) < 4.78 is 38.8. The van der Waals surface area contributed by atoms with Crippen molar-refractivity contribution in [1.82, 2.24) is 9.55 Å². The van der Waals surface area contributed by atoms with Crippen LogP contribution in [-0.2, 0) is 9.84 Å². The summed E-state index contributed by atoms with van der Waals surface area (Å²) in [7, 11) is -3.29. The van der Waals surface area contributed by atoms with Gasteiger partial charge in [0.25, 0.3) is 0 Å². The molecule has 0 saturated heterocycles. The number of aromatic nitrogens is 2. The molecule has 0 N–H and O–H groups in total. The maximum Gasteiger partial charge on any atom is 0.175 e. The number of rotatable bonds is 4. The van der Waals surface area contributed by atoms with Gasteiger partial charge in [-0.3, -0.25) is 4.57 Å². The van der Waals surface area contributed by atoms with E-state index in [1.54, 1.807) is 36.4 Å². The van der Waals surface area contributed by atoms with Crippen LogP contribution in [0.15, 0.2) is 89.0 Å². The summed E-state index contributed by atoms with van der Waals surface area (Å²) in [5.74, 6) is 0.363. The zero-order valence-corrected chi connectivity index (χ0v) is 17.7. The van der Waals surface area contributed by atoms with Crippen LogP contribution in [0, 0.1) is 5.82 Å². The average Bonchev–Trinajstić information content (AvgIpc) is 3.04. The normalized spacial score (nSPS) is 14.2. The maximum atomic E-state index is 13.3. The number of benzene rings is 2. The molecule has 3 aromatic rings. The van der Waals surface area contributed by atoms with Crippen LogP contribution < -0.4 is 0 Å². The molecule has 0 amide bonds. The number of allylic oxidation sites excluding steroid dienone is 6. The zero-order chi connectivity index (χ0) is 21.3. The number of hydrogen-bond acceptors (Lipinski definition) is 3. The van der Waals surface area contributed by atoms with Crippen molar-refractivity contribution in [2.45, 2.75) is 11.3 Å². The number of nitrogens with zero attached hydrogens (tertiary/aromatic N) is 2. The molecule has 1 heterocycles. The van der Waals surface area contributed by atoms with E-state index in [1.807, 2.05) is 35.1 Å². The van der Waals surface area contributed by atoms with Crippen molar-refractivity contribution in [1.29, 1.82) is 0 Å². The van der Waals surface area contributed by atoms with Gasteiger partial charge in [0.05, 0.1) is 10.6 Å². The van der Waals surface area contributed by atoms with Gasteiger partial charge in [0, 0.05) is 34.3 Å². The van der Waals surface area contributed by atoms with Gasteiger partial charge in [0.1, 0.15) is 11.6 Å². The van der Waals surface area contributed by atoms with Crippen molar-refractivity contribution in [2.24, 2.45) is 0 Å². The van der Waals surface area contributed by atoms with E-state index in [9.17, 15) is 12.8 Å². The summed E-state index contributed by atoms with van der Waals surface area (Å²) in [6.07, 6.45) is 11.3. The summed E-state index contributed by atoms with van der Waals surface area (Å²) in [4.78, 5) is 5.03. The van der Waals surface area contributed by atoms with Crippen LogP contribution in [0.1, 0.15) is 12.2 Å². The number of imidazole rings is 1. The highest BCUT2D eigenvalue weighted by atomic mass is 35.5. The standard InChI is InChI=1S/C23H18ClFN2O2S/c1-30(28,29)21-13-11-20(12-14-21)27-15-22(16-6-9-19(25)10-7-16)26-23(27)17-3-2-4-18(24)8-5-17/h3-15H,2H2,1H3. The molecule has 7 heteroatoms. The number of sulfone groups is 1. The highest BCUT2D eigenvalue weighted by Crippen LogP contribution is 2.28. The fourth-order valence-electron chi connectivity index (χ4n) is 3.16. The smallest absolute Gasteiger partial charge is 0.175 e. The van der Waals surface area contributed by atoms with Gasteiger partial charge in [-0.05, 0) is 61.0 Å². The predicted octanol–water partition coefficient (Wildman–Crippen LogP) is 5.55. The van der Waals surface area contributed by atoms with Crippen LogP contribution in [0.25, 0.3) is 22.5 Å². The summed E-state index contributed by atoms with van der Waals surface area (Å²) in [6.45, 7) is 0. The van der Waals surface area contributed by atoms with Gasteiger partial charge in [-0.15, -0.1) is 0 Å². The van der Waals surface area contributed by atoms with E-state index in [0.717, 1.165) is 16.8 Å². The highest BCUT2D eigenvalue weighted by molar-refractivity contribution is 7.90. The average molecular weight is 441 g/mol. The molecule has 2 aromatic carbocycles. The second-order valence-electron chi connectivity index (χ2n) is 6.91. The Bertz CT molecular complexity index is 1290. The molecule has 1 aliphatic carbocycles. The van der Waals surface area contributed by atoms with Crippen molar-refractivity contribution in [3.05, 3.63) is 95.7 Å². The lowest BCUT2D eigenvalue weighted by molar-refractivity contribution is 0.602. The molecule has 1 aliphatic rings. The molecular formula is C23H18ClFN2O2S. The van der Waals surface area contributed by atoms with Gasteiger partial charge in [0.15, 0.2) is 9.84 Å². The van der Waals surface area contributed by atoms with Crippen LogP contribution in [0.2, 0.25) is 0 Å². The Morgan fingerprint density at radius 3 is 2.37 bits per heavy atom. The third-order valence-electron chi connectivity index (χ3n) is 4.72. The van der Waals surface area contributed by atoms with E-state index in [2.05, 4.69) is 0 Å². The fourth-order valence-corrected chi connectivity index (χ4v) is 3.95. The van der Waals surface area contributed by atoms with Gasteiger partial charge in [-0.25, -0.2) is 17.8 Å². The second kappa shape index (κ2) is 8.05. The molecule has 0 radical (unpaired) electrons. The van der Waals surface area contributed by atoms with Crippen LogP contribution in [0.5, 0.6) is 0 Å². The lowest BCUT2D eigenvalue weighted by Gasteiger charge is -2.09. The van der Waals surface area contributed by atoms with Gasteiger partial charge < -0.3 is 0 Å². The Kier molecular flexibility index (Phi) is 5.45. The van der Waals surface area contributed by atoms with E-state index in [0.29, 0.717) is 23.0 Å². The van der Waals surface area contributed by atoms with E-state index in [1.165, 1.54) is 18.4 Å². The van der Waals surface area contributed by atoms with E-state index in [4.69, 9.17) is 16.6 Å². The molecule has 0 saturated carbocycles. The quantitative estimate of drug-likeness (QED) is 0.534. The Labute approximate surface area is 179 Å². The molecule has 1 aromatic heterocycles. The lowest BCUT2D eigenvalue weighted by Crippen LogP contribution is -2.01. The van der Waals surface area contributed by atoms with E-state index < -0.39 is 9.84 Å². The first-order chi connectivity index (χ1) is 14.3. The highest BCUT2D eigenvalue weighted by Gasteiger charge is 2.15. The van der Waals surface area contributed by atoms with Gasteiger partial charge in [-0.1, -0.05) is 29.8 Å². The monoisotopic (exact) mass is 440 g/mol. The predicted molar refractivity (Wildman–Crippen MR) is 118 cm³/mol. The first kappa shape index (κ1) is 20.3. The van der Waals surface area contributed by atoms with Crippen LogP contribution in [0.4, 0.5) is 4.39 Å². The van der Waals surface area contributed by atoms with E-state index >= 15 is 0 Å². The molecule has 0 fully saturated rings. The third-order valence-corrected chi connectivity index (χ3v) is 6.13. The van der Waals surface area contributed by atoms with Crippen LogP contribution in [0.3, 0.4) is 0 Å². The largest absolute Gasteiger partial charge is 0.299 e. The zero-order valence-electron chi connectivity index (χ0n) is 16.1. The minimum Gasteiger partial charge on any atom is -0.299 e. The number of hydrogen-bond donors (Lipinski definition) is 0. The minimum atomic E-state index is -3.29. The van der Waals surface area contributed by atoms with Crippen molar-refractivity contribution < 1.29 is 12.8 Å². The molecular weight excluding hydrogens is 423 g/mol. The Hall–Kier alpha value is -2.96. The molecule has 0 aliphatic heterocycles. The Morgan fingerprint density at radius 2 is 1.70 bits per heavy atom. The molecule has 152 valence electrons. The molecule has 0 unspecified atom stereocenters. The minimum absolute atomic E-state index is 0.247. The summed E-state index contributed by atoms with van der Waals surface area (Å²) in [5, 5.41) is 0.649. The SMILES string of the molecule is CS(=O)(=O)c1ccc(-n2cc(-c3ccc(F)cc3)nc2C2=CCC=C(Cl)C=C2)cc1. The molecule has 0 bridgehead atoms. The number of halogens is 2. The molecule has 4 rings (SSSR count). The first-order valence-corrected chi connectivity index (χ1v) is 11.5. The lowest BCUT2D eigenvalue weighted by atomic mass is 10.2. The fraction of sp³-hybridized carbons (Fsp3) is 0.0870. The summed E-state index contributed by atoms with van der Waals surface area (Å²) in [6, 6.07) is 12.8. The van der Waals surface area contributed by atoms with Crippen LogP contribution in [-0.4, -0.2) is 24.2 Å². The molecule has 4 nitrogen and oxygen atoms in total. The van der Waals surface area contributed by atoms with Crippen molar-refractivity contribution >= 4 is 27.0 Å². The van der Waals surface area contributed by atoms with Crippen molar-refractivity contribution in [2.75, 3.05) is 6.26 Å². The molecule has 0 atom stereocenters. The molecule has 30 heavy (non-hydrogen) atoms. The Morgan fingerprint density at radius 1 is 1.00 bits per heavy atom. The molecule has 0 spiro atoms. The summed E-state index contributed by atoms with van der Waals surface area (Å²) in [5.41, 5.74) is 3.09. The summed E-state index contributed by atoms with van der Waals surface area (Å²) >= 11 is 6.13. The maximum absolute atomic E-state index is 13.3.